The Morgan fingerprint density at radius 1 is 1.21 bits per heavy atom. The van der Waals surface area contributed by atoms with Gasteiger partial charge in [0, 0.05) is 30.1 Å². The molecule has 19 heavy (non-hydrogen) atoms. The molecule has 1 N–H and O–H groups in total. The smallest absolute Gasteiger partial charge is 0.155 e. The lowest BCUT2D eigenvalue weighted by Gasteiger charge is -2.20. The van der Waals surface area contributed by atoms with Crippen LogP contribution in [-0.4, -0.2) is 39.4 Å². The molecular weight excluding hydrogens is 238 g/mol. The monoisotopic (exact) mass is 253 g/mol. The van der Waals surface area contributed by atoms with Crippen LogP contribution >= 0.6 is 0 Å². The fourth-order valence-corrected chi connectivity index (χ4v) is 2.02. The number of hydrogen-bond acceptors (Lipinski definition) is 4. The van der Waals surface area contributed by atoms with Crippen LogP contribution < -0.4 is 0 Å². The van der Waals surface area contributed by atoms with Gasteiger partial charge in [-0.3, -0.25) is 10.1 Å². The van der Waals surface area contributed by atoms with E-state index in [1.807, 2.05) is 18.3 Å². The number of aromatic nitrogens is 3. The Hall–Kier alpha value is -2.43. The summed E-state index contributed by atoms with van der Waals surface area (Å²) in [6.45, 7) is 4.02. The zero-order valence-corrected chi connectivity index (χ0v) is 10.7. The highest BCUT2D eigenvalue weighted by Gasteiger charge is 2.07. The first-order valence-corrected chi connectivity index (χ1v) is 6.31. The predicted octanol–water partition coefficient (Wildman–Crippen LogP) is 2.18. The molecule has 2 aromatic rings. The first kappa shape index (κ1) is 11.6. The van der Waals surface area contributed by atoms with Crippen molar-refractivity contribution in [3.8, 4) is 11.4 Å². The lowest BCUT2D eigenvalue weighted by Crippen LogP contribution is -2.21. The fraction of sp³-hybridized carbons (Fsp3) is 0.214. The van der Waals surface area contributed by atoms with Crippen LogP contribution in [0.2, 0.25) is 0 Å². The van der Waals surface area contributed by atoms with Gasteiger partial charge < -0.3 is 4.90 Å². The van der Waals surface area contributed by atoms with Gasteiger partial charge in [-0.25, -0.2) is 4.98 Å². The second-order valence-electron chi connectivity index (χ2n) is 4.33. The molecule has 0 saturated heterocycles. The Balaban J connectivity index is 1.87. The highest BCUT2D eigenvalue weighted by atomic mass is 15.2. The molecule has 0 amide bonds. The zero-order chi connectivity index (χ0) is 13.1. The number of nitrogens with one attached hydrogen (secondary N) is 1. The quantitative estimate of drug-likeness (QED) is 0.912. The van der Waals surface area contributed by atoms with E-state index in [1.54, 1.807) is 0 Å². The molecule has 1 aromatic carbocycles. The van der Waals surface area contributed by atoms with E-state index in [2.05, 4.69) is 50.3 Å². The van der Waals surface area contributed by atoms with Crippen LogP contribution in [0.5, 0.6) is 0 Å². The molecule has 5 nitrogen and oxygen atoms in total. The van der Waals surface area contributed by atoms with Crippen LogP contribution in [0, 0.1) is 0 Å². The van der Waals surface area contributed by atoms with Crippen LogP contribution in [0.4, 0.5) is 0 Å². The van der Waals surface area contributed by atoms with Gasteiger partial charge in [0.05, 0.1) is 12.2 Å². The van der Waals surface area contributed by atoms with E-state index in [1.165, 1.54) is 6.33 Å². The molecule has 0 spiro atoms. The highest BCUT2D eigenvalue weighted by Crippen LogP contribution is 2.22. The number of hydrogen-bond donors (Lipinski definition) is 1. The van der Waals surface area contributed by atoms with Crippen LogP contribution in [0.3, 0.4) is 0 Å². The first-order chi connectivity index (χ1) is 9.36. The Morgan fingerprint density at radius 2 is 2.00 bits per heavy atom. The summed E-state index contributed by atoms with van der Waals surface area (Å²) in [4.78, 5) is 10.8. The molecule has 3 rings (SSSR count). The molecule has 2 heterocycles. The summed E-state index contributed by atoms with van der Waals surface area (Å²) in [7, 11) is 0. The summed E-state index contributed by atoms with van der Waals surface area (Å²) < 4.78 is 0. The van der Waals surface area contributed by atoms with Crippen molar-refractivity contribution in [2.45, 2.75) is 6.92 Å². The van der Waals surface area contributed by atoms with Crippen molar-refractivity contribution in [1.29, 1.82) is 0 Å². The molecule has 0 aliphatic carbocycles. The minimum atomic E-state index is 0.780. The van der Waals surface area contributed by atoms with E-state index in [0.29, 0.717) is 0 Å². The van der Waals surface area contributed by atoms with Crippen molar-refractivity contribution < 1.29 is 0 Å². The Morgan fingerprint density at radius 3 is 2.68 bits per heavy atom. The molecule has 1 aliphatic rings. The molecule has 0 unspecified atom stereocenters. The molecule has 5 heteroatoms. The van der Waals surface area contributed by atoms with E-state index in [9.17, 15) is 0 Å². The summed E-state index contributed by atoms with van der Waals surface area (Å²) in [5.74, 6) is 0.780. The lowest BCUT2D eigenvalue weighted by molar-refractivity contribution is 0.452. The molecule has 1 aliphatic heterocycles. The summed E-state index contributed by atoms with van der Waals surface area (Å²) in [5, 5.41) is 6.71. The molecule has 0 saturated carbocycles. The van der Waals surface area contributed by atoms with E-state index < -0.39 is 0 Å². The van der Waals surface area contributed by atoms with E-state index in [0.717, 1.165) is 35.7 Å². The topological polar surface area (TPSA) is 57.2 Å². The van der Waals surface area contributed by atoms with Gasteiger partial charge in [0.25, 0.3) is 0 Å². The SMILES string of the molecule is CCN1C=C(c2ccc(-c3ncn[nH]3)cc2)N=CC1. The normalized spacial score (nSPS) is 14.6. The maximum atomic E-state index is 4.45. The van der Waals surface area contributed by atoms with Crippen LogP contribution in [0.1, 0.15) is 12.5 Å². The number of nitrogens with zero attached hydrogens (tertiary/aromatic N) is 4. The van der Waals surface area contributed by atoms with Gasteiger partial charge in [-0.2, -0.15) is 5.10 Å². The second kappa shape index (κ2) is 5.06. The number of H-pyrrole nitrogens is 1. The van der Waals surface area contributed by atoms with E-state index >= 15 is 0 Å². The van der Waals surface area contributed by atoms with Crippen molar-refractivity contribution in [2.75, 3.05) is 13.1 Å². The minimum Gasteiger partial charge on any atom is -0.371 e. The summed E-state index contributed by atoms with van der Waals surface area (Å²) in [6.07, 6.45) is 5.56. The summed E-state index contributed by atoms with van der Waals surface area (Å²) in [5.41, 5.74) is 3.13. The fourth-order valence-electron chi connectivity index (χ4n) is 2.02. The number of aromatic amines is 1. The molecule has 96 valence electrons. The third kappa shape index (κ3) is 2.40. The number of benzene rings is 1. The Bertz CT molecular complexity index is 595. The van der Waals surface area contributed by atoms with Gasteiger partial charge in [0.2, 0.25) is 0 Å². The third-order valence-corrected chi connectivity index (χ3v) is 3.13. The summed E-state index contributed by atoms with van der Waals surface area (Å²) in [6, 6.07) is 8.16. The van der Waals surface area contributed by atoms with Crippen molar-refractivity contribution in [3.63, 3.8) is 0 Å². The minimum absolute atomic E-state index is 0.780. The van der Waals surface area contributed by atoms with Gasteiger partial charge in [-0.1, -0.05) is 24.3 Å². The van der Waals surface area contributed by atoms with Gasteiger partial charge >= 0.3 is 0 Å². The third-order valence-electron chi connectivity index (χ3n) is 3.13. The number of rotatable bonds is 3. The molecule has 1 aromatic heterocycles. The maximum Gasteiger partial charge on any atom is 0.155 e. The Kier molecular flexibility index (Phi) is 3.10. The standard InChI is InChI=1S/C14H15N5/c1-2-19-8-7-15-13(9-19)11-3-5-12(6-4-11)14-16-10-17-18-14/h3-7,9-10H,2,8H2,1H3,(H,16,17,18). The highest BCUT2D eigenvalue weighted by molar-refractivity contribution is 5.77. The second-order valence-corrected chi connectivity index (χ2v) is 4.33. The van der Waals surface area contributed by atoms with Crippen LogP contribution in [0.15, 0.2) is 41.8 Å². The largest absolute Gasteiger partial charge is 0.371 e. The van der Waals surface area contributed by atoms with E-state index in [4.69, 9.17) is 0 Å². The number of aliphatic imine (C=N–C) groups is 1. The van der Waals surface area contributed by atoms with E-state index in [-0.39, 0.29) is 0 Å². The van der Waals surface area contributed by atoms with Gasteiger partial charge in [0.1, 0.15) is 6.33 Å². The maximum absolute atomic E-state index is 4.45. The van der Waals surface area contributed by atoms with Gasteiger partial charge in [-0.05, 0) is 6.92 Å². The first-order valence-electron chi connectivity index (χ1n) is 6.31. The average Bonchev–Trinajstić information content (AvgIpc) is 3.02. The lowest BCUT2D eigenvalue weighted by atomic mass is 10.1. The molecule has 0 radical (unpaired) electrons. The van der Waals surface area contributed by atoms with Crippen LogP contribution in [-0.2, 0) is 0 Å². The van der Waals surface area contributed by atoms with Gasteiger partial charge in [-0.15, -0.1) is 0 Å². The molecule has 0 fully saturated rings. The average molecular weight is 253 g/mol. The van der Waals surface area contributed by atoms with Gasteiger partial charge in [0.15, 0.2) is 5.82 Å². The molecular formula is C14H15N5. The van der Waals surface area contributed by atoms with Crippen molar-refractivity contribution in [1.82, 2.24) is 20.1 Å². The predicted molar refractivity (Wildman–Crippen MR) is 75.5 cm³/mol. The Labute approximate surface area is 111 Å². The molecule has 0 bridgehead atoms. The summed E-state index contributed by atoms with van der Waals surface area (Å²) >= 11 is 0. The van der Waals surface area contributed by atoms with Crippen molar-refractivity contribution in [2.24, 2.45) is 4.99 Å². The zero-order valence-electron chi connectivity index (χ0n) is 10.7. The van der Waals surface area contributed by atoms with Crippen LogP contribution in [0.25, 0.3) is 17.1 Å². The van der Waals surface area contributed by atoms with Crippen molar-refractivity contribution in [3.05, 3.63) is 42.4 Å². The molecule has 0 atom stereocenters. The van der Waals surface area contributed by atoms with Crippen molar-refractivity contribution >= 4 is 11.9 Å².